The number of benzene rings is 2. The van der Waals surface area contributed by atoms with Gasteiger partial charge in [-0.25, -0.2) is 9.37 Å². The zero-order chi connectivity index (χ0) is 23.5. The summed E-state index contributed by atoms with van der Waals surface area (Å²) in [4.78, 5) is 36.6. The second kappa shape index (κ2) is 11.4. The number of ether oxygens (including phenoxy) is 1. The van der Waals surface area contributed by atoms with Crippen LogP contribution in [-0.4, -0.2) is 67.6 Å². The lowest BCUT2D eigenvalue weighted by Gasteiger charge is -2.28. The number of para-hydroxylation sites is 2. The van der Waals surface area contributed by atoms with Gasteiger partial charge in [0, 0.05) is 44.8 Å². The third-order valence-electron chi connectivity index (χ3n) is 6.36. The Morgan fingerprint density at radius 1 is 1.14 bits per heavy atom. The van der Waals surface area contributed by atoms with E-state index in [0.717, 1.165) is 45.0 Å². The summed E-state index contributed by atoms with van der Waals surface area (Å²) in [6.45, 7) is 4.84. The second-order valence-electron chi connectivity index (χ2n) is 8.62. The van der Waals surface area contributed by atoms with Gasteiger partial charge in [-0.05, 0) is 30.7 Å². The molecule has 2 aliphatic heterocycles. The maximum absolute atomic E-state index is 14.3. The van der Waals surface area contributed by atoms with E-state index in [9.17, 15) is 14.0 Å². The van der Waals surface area contributed by atoms with Crippen molar-refractivity contribution in [1.29, 1.82) is 0 Å². The van der Waals surface area contributed by atoms with Crippen LogP contribution in [0.15, 0.2) is 48.5 Å². The number of halogens is 2. The molecule has 1 aromatic heterocycles. The number of aromatic nitrogens is 1. The van der Waals surface area contributed by atoms with Gasteiger partial charge < -0.3 is 9.64 Å². The first-order valence-electron chi connectivity index (χ1n) is 11.6. The van der Waals surface area contributed by atoms with Crippen LogP contribution in [0.25, 0.3) is 10.2 Å². The number of thiazole rings is 1. The molecule has 10 heteroatoms. The van der Waals surface area contributed by atoms with Crippen LogP contribution in [0.3, 0.4) is 0 Å². The zero-order valence-electron chi connectivity index (χ0n) is 19.3. The van der Waals surface area contributed by atoms with Crippen molar-refractivity contribution in [2.75, 3.05) is 55.7 Å². The summed E-state index contributed by atoms with van der Waals surface area (Å²) in [5.74, 6) is -1.05. The minimum absolute atomic E-state index is 0. The predicted molar refractivity (Wildman–Crippen MR) is 138 cm³/mol. The van der Waals surface area contributed by atoms with Crippen molar-refractivity contribution in [1.82, 2.24) is 9.88 Å². The van der Waals surface area contributed by atoms with Crippen molar-refractivity contribution < 1.29 is 18.7 Å². The van der Waals surface area contributed by atoms with Gasteiger partial charge in [-0.1, -0.05) is 35.6 Å². The Kier molecular flexibility index (Phi) is 8.33. The normalized spacial score (nSPS) is 18.6. The number of nitrogens with zero attached hydrogens (tertiary/aromatic N) is 4. The van der Waals surface area contributed by atoms with E-state index < -0.39 is 11.7 Å². The molecule has 2 saturated heterocycles. The summed E-state index contributed by atoms with van der Waals surface area (Å²) >= 11 is 1.31. The maximum atomic E-state index is 14.3. The molecule has 7 nitrogen and oxygen atoms in total. The molecule has 1 unspecified atom stereocenters. The molecule has 2 aromatic carbocycles. The molecule has 35 heavy (non-hydrogen) atoms. The van der Waals surface area contributed by atoms with Gasteiger partial charge in [-0.15, -0.1) is 12.4 Å². The van der Waals surface area contributed by atoms with E-state index in [2.05, 4.69) is 9.88 Å². The van der Waals surface area contributed by atoms with Gasteiger partial charge in [0.1, 0.15) is 11.3 Å². The van der Waals surface area contributed by atoms with E-state index in [4.69, 9.17) is 4.74 Å². The molecule has 186 valence electrons. The highest BCUT2D eigenvalue weighted by atomic mass is 35.5. The maximum Gasteiger partial charge on any atom is 0.234 e. The number of carbonyl (C=O) groups excluding carboxylic acids is 2. The Hall–Kier alpha value is -2.59. The molecule has 0 aliphatic carbocycles. The van der Waals surface area contributed by atoms with Crippen LogP contribution >= 0.6 is 23.7 Å². The molecule has 0 bridgehead atoms. The molecule has 2 aliphatic rings. The quantitative estimate of drug-likeness (QED) is 0.473. The van der Waals surface area contributed by atoms with E-state index in [1.807, 2.05) is 36.4 Å². The molecule has 0 radical (unpaired) electrons. The van der Waals surface area contributed by atoms with E-state index in [-0.39, 0.29) is 36.2 Å². The molecule has 2 fully saturated rings. The number of carbonyl (C=O) groups is 2. The smallest absolute Gasteiger partial charge is 0.234 e. The summed E-state index contributed by atoms with van der Waals surface area (Å²) in [7, 11) is 0. The Morgan fingerprint density at radius 2 is 1.91 bits per heavy atom. The van der Waals surface area contributed by atoms with E-state index >= 15 is 0 Å². The monoisotopic (exact) mass is 518 g/mol. The van der Waals surface area contributed by atoms with Crippen LogP contribution in [0, 0.1) is 11.7 Å². The highest BCUT2D eigenvalue weighted by molar-refractivity contribution is 7.22. The number of hydrogen-bond donors (Lipinski definition) is 0. The summed E-state index contributed by atoms with van der Waals surface area (Å²) < 4.78 is 20.4. The first-order chi connectivity index (χ1) is 16.6. The molecular formula is C25H28ClFN4O3S. The molecular weight excluding hydrogens is 491 g/mol. The SMILES string of the molecule is Cl.O=C1CC(C(=O)N(CCCN2CCOCC2)c2nc3c(F)cccc3s2)CN1c1ccccc1. The van der Waals surface area contributed by atoms with Crippen LogP contribution < -0.4 is 9.80 Å². The topological polar surface area (TPSA) is 66.0 Å². The molecule has 2 amide bonds. The molecule has 3 heterocycles. The van der Waals surface area contributed by atoms with E-state index in [1.165, 1.54) is 17.4 Å². The van der Waals surface area contributed by atoms with Gasteiger partial charge in [0.25, 0.3) is 0 Å². The lowest BCUT2D eigenvalue weighted by Crippen LogP contribution is -2.41. The number of amides is 2. The third kappa shape index (κ3) is 5.64. The third-order valence-corrected chi connectivity index (χ3v) is 7.40. The van der Waals surface area contributed by atoms with Crippen molar-refractivity contribution in [3.05, 3.63) is 54.3 Å². The van der Waals surface area contributed by atoms with Crippen LogP contribution in [0.4, 0.5) is 15.2 Å². The van der Waals surface area contributed by atoms with Gasteiger partial charge in [0.2, 0.25) is 11.8 Å². The minimum Gasteiger partial charge on any atom is -0.379 e. The average Bonchev–Trinajstić information content (AvgIpc) is 3.47. The average molecular weight is 519 g/mol. The summed E-state index contributed by atoms with van der Waals surface area (Å²) in [6, 6.07) is 14.3. The minimum atomic E-state index is -0.465. The number of anilines is 2. The predicted octanol–water partition coefficient (Wildman–Crippen LogP) is 3.97. The van der Waals surface area contributed by atoms with Crippen LogP contribution in [-0.2, 0) is 14.3 Å². The molecule has 1 atom stereocenters. The Morgan fingerprint density at radius 3 is 2.66 bits per heavy atom. The van der Waals surface area contributed by atoms with Gasteiger partial charge >= 0.3 is 0 Å². The fourth-order valence-corrected chi connectivity index (χ4v) is 5.56. The lowest BCUT2D eigenvalue weighted by atomic mass is 10.1. The van der Waals surface area contributed by atoms with Gasteiger partial charge in [0.05, 0.1) is 23.8 Å². The number of morpholine rings is 1. The largest absolute Gasteiger partial charge is 0.379 e. The number of fused-ring (bicyclic) bond motifs is 1. The van der Waals surface area contributed by atoms with Crippen molar-refractivity contribution >= 4 is 56.6 Å². The fraction of sp³-hybridized carbons (Fsp3) is 0.400. The molecule has 3 aromatic rings. The molecule has 0 saturated carbocycles. The summed E-state index contributed by atoms with van der Waals surface area (Å²) in [6.07, 6.45) is 0.917. The molecule has 0 N–H and O–H groups in total. The fourth-order valence-electron chi connectivity index (χ4n) is 4.55. The highest BCUT2D eigenvalue weighted by Crippen LogP contribution is 2.33. The van der Waals surface area contributed by atoms with Crippen molar-refractivity contribution in [2.24, 2.45) is 5.92 Å². The number of rotatable bonds is 7. The van der Waals surface area contributed by atoms with Crippen molar-refractivity contribution in [3.8, 4) is 0 Å². The summed E-state index contributed by atoms with van der Waals surface area (Å²) in [5.41, 5.74) is 1.07. The van der Waals surface area contributed by atoms with E-state index in [1.54, 1.807) is 15.9 Å². The Bertz CT molecular complexity index is 1170. The highest BCUT2D eigenvalue weighted by Gasteiger charge is 2.38. The lowest BCUT2D eigenvalue weighted by molar-refractivity contribution is -0.124. The van der Waals surface area contributed by atoms with Crippen LogP contribution in [0.5, 0.6) is 0 Å². The first kappa shape index (κ1) is 25.5. The Labute approximate surface area is 213 Å². The first-order valence-corrected chi connectivity index (χ1v) is 12.4. The standard InChI is InChI=1S/C25H27FN4O3S.ClH/c26-20-8-4-9-21-23(20)27-25(34-21)29(11-5-10-28-12-14-33-15-13-28)24(32)18-16-22(31)30(17-18)19-6-2-1-3-7-19;/h1-4,6-9,18H,5,10-17H2;1H. The van der Waals surface area contributed by atoms with Crippen LogP contribution in [0.2, 0.25) is 0 Å². The molecule has 0 spiro atoms. The molecule has 5 rings (SSSR count). The van der Waals surface area contributed by atoms with Crippen molar-refractivity contribution in [3.63, 3.8) is 0 Å². The van der Waals surface area contributed by atoms with Gasteiger partial charge in [-0.3, -0.25) is 19.4 Å². The van der Waals surface area contributed by atoms with Gasteiger partial charge in [-0.2, -0.15) is 0 Å². The van der Waals surface area contributed by atoms with E-state index in [0.29, 0.717) is 22.9 Å². The summed E-state index contributed by atoms with van der Waals surface area (Å²) in [5, 5.41) is 0.484. The Balaban J connectivity index is 0.00000289. The second-order valence-corrected chi connectivity index (χ2v) is 9.63. The van der Waals surface area contributed by atoms with Gasteiger partial charge in [0.15, 0.2) is 5.13 Å². The number of hydrogen-bond acceptors (Lipinski definition) is 6. The van der Waals surface area contributed by atoms with Crippen LogP contribution in [0.1, 0.15) is 12.8 Å². The van der Waals surface area contributed by atoms with Crippen molar-refractivity contribution in [2.45, 2.75) is 12.8 Å². The zero-order valence-corrected chi connectivity index (χ0v) is 20.9.